The minimum absolute atomic E-state index is 0.0506. The van der Waals surface area contributed by atoms with Crippen molar-refractivity contribution in [3.63, 3.8) is 0 Å². The molecule has 0 unspecified atom stereocenters. The fourth-order valence-corrected chi connectivity index (χ4v) is 4.50. The summed E-state index contributed by atoms with van der Waals surface area (Å²) in [4.78, 5) is 35.5. The highest BCUT2D eigenvalue weighted by Crippen LogP contribution is 2.38. The number of aromatic nitrogens is 2. The van der Waals surface area contributed by atoms with Crippen molar-refractivity contribution >= 4 is 38.3 Å². The van der Waals surface area contributed by atoms with Crippen LogP contribution >= 0.6 is 11.3 Å². The van der Waals surface area contributed by atoms with Gasteiger partial charge in [0.25, 0.3) is 11.6 Å². The van der Waals surface area contributed by atoms with Crippen LogP contribution in [0.25, 0.3) is 10.2 Å². The molecule has 2 heterocycles. The number of pyridine rings is 1. The fraction of sp³-hybridized carbons (Fsp3) is 0.208. The molecule has 1 amide bonds. The van der Waals surface area contributed by atoms with Gasteiger partial charge in [-0.3, -0.25) is 24.8 Å². The van der Waals surface area contributed by atoms with Crippen LogP contribution in [0.5, 0.6) is 17.2 Å². The number of benzene rings is 2. The summed E-state index contributed by atoms with van der Waals surface area (Å²) in [6.07, 6.45) is 1.61. The molecule has 0 atom stereocenters. The summed E-state index contributed by atoms with van der Waals surface area (Å²) in [6, 6.07) is 13.3. The number of methoxy groups -OCH3 is 2. The van der Waals surface area contributed by atoms with Crippen LogP contribution in [0.1, 0.15) is 23.0 Å². The summed E-state index contributed by atoms with van der Waals surface area (Å²) in [6.45, 7) is 2.38. The lowest BCUT2D eigenvalue weighted by Gasteiger charge is -2.20. The van der Waals surface area contributed by atoms with E-state index in [1.54, 1.807) is 30.5 Å². The molecular weight excluding hydrogens is 472 g/mol. The Balaban J connectivity index is 1.87. The first-order chi connectivity index (χ1) is 17.0. The Labute approximate surface area is 204 Å². The summed E-state index contributed by atoms with van der Waals surface area (Å²) in [5, 5.41) is 12.2. The molecule has 0 aliphatic heterocycles. The molecule has 35 heavy (non-hydrogen) atoms. The number of rotatable bonds is 9. The number of hydrogen-bond acceptors (Lipinski definition) is 9. The van der Waals surface area contributed by atoms with E-state index in [-0.39, 0.29) is 23.6 Å². The molecule has 4 aromatic rings. The summed E-state index contributed by atoms with van der Waals surface area (Å²) >= 11 is 1.28. The molecule has 0 saturated heterocycles. The first kappa shape index (κ1) is 23.9. The number of nitro groups is 1. The smallest absolute Gasteiger partial charge is 0.286 e. The van der Waals surface area contributed by atoms with Crippen LogP contribution in [0.4, 0.5) is 10.8 Å². The molecule has 2 aromatic heterocycles. The lowest BCUT2D eigenvalue weighted by molar-refractivity contribution is -0.385. The first-order valence-corrected chi connectivity index (χ1v) is 11.4. The molecule has 10 nitrogen and oxygen atoms in total. The van der Waals surface area contributed by atoms with E-state index in [0.29, 0.717) is 28.7 Å². The van der Waals surface area contributed by atoms with Gasteiger partial charge in [-0.15, -0.1) is 0 Å². The van der Waals surface area contributed by atoms with Crippen molar-refractivity contribution in [3.8, 4) is 17.2 Å². The zero-order chi connectivity index (χ0) is 24.9. The minimum Gasteiger partial charge on any atom is -0.493 e. The molecule has 0 N–H and O–H groups in total. The van der Waals surface area contributed by atoms with E-state index < -0.39 is 16.5 Å². The van der Waals surface area contributed by atoms with E-state index in [0.717, 1.165) is 4.70 Å². The lowest BCUT2D eigenvalue weighted by Crippen LogP contribution is -2.31. The highest BCUT2D eigenvalue weighted by molar-refractivity contribution is 7.22. The Bertz CT molecular complexity index is 1380. The quantitative estimate of drug-likeness (QED) is 0.239. The standard InChI is InChI=1S/C24H22N4O6S/c1-4-34-18-9-7-10-21-22(18)26-24(35-21)27(14-15-8-5-6-11-25-15)23(29)16-12-19(32-2)20(33-3)13-17(16)28(30)31/h5-13H,4,14H2,1-3H3. The third-order valence-corrected chi connectivity index (χ3v) is 6.17. The van der Waals surface area contributed by atoms with Crippen LogP contribution in [-0.4, -0.2) is 41.6 Å². The molecular formula is C24H22N4O6S. The summed E-state index contributed by atoms with van der Waals surface area (Å²) in [7, 11) is 2.76. The third kappa shape index (κ3) is 4.85. The van der Waals surface area contributed by atoms with Gasteiger partial charge in [0.2, 0.25) is 0 Å². The van der Waals surface area contributed by atoms with Gasteiger partial charge in [-0.05, 0) is 31.2 Å². The second-order valence-electron chi connectivity index (χ2n) is 7.23. The van der Waals surface area contributed by atoms with Crippen molar-refractivity contribution in [1.82, 2.24) is 9.97 Å². The number of thiazole rings is 1. The van der Waals surface area contributed by atoms with Crippen LogP contribution in [0, 0.1) is 10.1 Å². The lowest BCUT2D eigenvalue weighted by atomic mass is 10.1. The normalized spacial score (nSPS) is 10.7. The number of amides is 1. The number of carbonyl (C=O) groups is 1. The molecule has 0 aliphatic carbocycles. The van der Waals surface area contributed by atoms with Gasteiger partial charge in [0.1, 0.15) is 16.8 Å². The molecule has 0 aliphatic rings. The highest BCUT2D eigenvalue weighted by Gasteiger charge is 2.31. The summed E-state index contributed by atoms with van der Waals surface area (Å²) in [5.41, 5.74) is 0.630. The number of hydrogen-bond donors (Lipinski definition) is 0. The van der Waals surface area contributed by atoms with Gasteiger partial charge in [0.05, 0.1) is 48.8 Å². The maximum Gasteiger partial charge on any atom is 0.286 e. The van der Waals surface area contributed by atoms with Gasteiger partial charge in [-0.25, -0.2) is 4.98 Å². The minimum atomic E-state index is -0.625. The van der Waals surface area contributed by atoms with Crippen molar-refractivity contribution < 1.29 is 23.9 Å². The Morgan fingerprint density at radius 3 is 2.51 bits per heavy atom. The molecule has 0 saturated carbocycles. The maximum atomic E-state index is 13.9. The number of anilines is 1. The SMILES string of the molecule is CCOc1cccc2sc(N(Cc3ccccn3)C(=O)c3cc(OC)c(OC)cc3[N+](=O)[O-])nc12. The van der Waals surface area contributed by atoms with Crippen molar-refractivity contribution in [3.05, 3.63) is 76.1 Å². The maximum absolute atomic E-state index is 13.9. The second-order valence-corrected chi connectivity index (χ2v) is 8.24. The topological polar surface area (TPSA) is 117 Å². The number of nitrogens with zero attached hydrogens (tertiary/aromatic N) is 4. The molecule has 0 fully saturated rings. The molecule has 180 valence electrons. The predicted octanol–water partition coefficient (Wildman–Crippen LogP) is 4.86. The number of carbonyl (C=O) groups excluding carboxylic acids is 1. The average Bonchev–Trinajstić information content (AvgIpc) is 3.31. The fourth-order valence-electron chi connectivity index (χ4n) is 3.51. The van der Waals surface area contributed by atoms with Crippen LogP contribution in [0.3, 0.4) is 0 Å². The molecule has 0 bridgehead atoms. The number of ether oxygens (including phenoxy) is 3. The Hall–Kier alpha value is -4.25. The summed E-state index contributed by atoms with van der Waals surface area (Å²) in [5.74, 6) is 0.311. The van der Waals surface area contributed by atoms with Crippen molar-refractivity contribution in [2.75, 3.05) is 25.7 Å². The van der Waals surface area contributed by atoms with Gasteiger partial charge in [0, 0.05) is 12.3 Å². The Morgan fingerprint density at radius 1 is 1.09 bits per heavy atom. The molecule has 4 rings (SSSR count). The van der Waals surface area contributed by atoms with Crippen LogP contribution in [0.2, 0.25) is 0 Å². The summed E-state index contributed by atoms with van der Waals surface area (Å²) < 4.78 is 17.0. The van der Waals surface area contributed by atoms with Crippen molar-refractivity contribution in [2.45, 2.75) is 13.5 Å². The predicted molar refractivity (Wildman–Crippen MR) is 132 cm³/mol. The van der Waals surface area contributed by atoms with Crippen LogP contribution < -0.4 is 19.1 Å². The van der Waals surface area contributed by atoms with E-state index in [2.05, 4.69) is 9.97 Å². The second kappa shape index (κ2) is 10.3. The van der Waals surface area contributed by atoms with Gasteiger partial charge in [0.15, 0.2) is 16.6 Å². The largest absolute Gasteiger partial charge is 0.493 e. The molecule has 2 aromatic carbocycles. The van der Waals surface area contributed by atoms with E-state index in [1.807, 2.05) is 19.1 Å². The third-order valence-electron chi connectivity index (χ3n) is 5.12. The number of nitro benzene ring substituents is 1. The van der Waals surface area contributed by atoms with Gasteiger partial charge in [-0.2, -0.15) is 0 Å². The van der Waals surface area contributed by atoms with Gasteiger partial charge >= 0.3 is 0 Å². The van der Waals surface area contributed by atoms with E-state index in [9.17, 15) is 14.9 Å². The zero-order valence-electron chi connectivity index (χ0n) is 19.3. The highest BCUT2D eigenvalue weighted by atomic mass is 32.1. The molecule has 11 heteroatoms. The van der Waals surface area contributed by atoms with E-state index in [4.69, 9.17) is 14.2 Å². The van der Waals surface area contributed by atoms with Crippen molar-refractivity contribution in [1.29, 1.82) is 0 Å². The van der Waals surface area contributed by atoms with E-state index >= 15 is 0 Å². The number of para-hydroxylation sites is 1. The monoisotopic (exact) mass is 494 g/mol. The average molecular weight is 495 g/mol. The van der Waals surface area contributed by atoms with Gasteiger partial charge in [-0.1, -0.05) is 23.5 Å². The Morgan fingerprint density at radius 2 is 1.86 bits per heavy atom. The van der Waals surface area contributed by atoms with E-state index in [1.165, 1.54) is 42.6 Å². The molecule has 0 radical (unpaired) electrons. The van der Waals surface area contributed by atoms with Crippen molar-refractivity contribution in [2.24, 2.45) is 0 Å². The number of fused-ring (bicyclic) bond motifs is 1. The molecule has 0 spiro atoms. The van der Waals surface area contributed by atoms with Crippen LogP contribution in [-0.2, 0) is 6.54 Å². The zero-order valence-corrected chi connectivity index (χ0v) is 20.1. The van der Waals surface area contributed by atoms with Gasteiger partial charge < -0.3 is 14.2 Å². The van der Waals surface area contributed by atoms with Crippen LogP contribution in [0.15, 0.2) is 54.7 Å². The first-order valence-electron chi connectivity index (χ1n) is 10.6. The Kier molecular flexibility index (Phi) is 7.06.